The molecule has 20 heavy (non-hydrogen) atoms. The smallest absolute Gasteiger partial charge is 0.326 e. The number of carboxylic acid groups (broad SMARTS) is 2. The van der Waals surface area contributed by atoms with Crippen LogP contribution in [0.15, 0.2) is 18.2 Å². The average molecular weight is 279 g/mol. The van der Waals surface area contributed by atoms with Crippen LogP contribution in [-0.2, 0) is 9.59 Å². The monoisotopic (exact) mass is 279 g/mol. The Morgan fingerprint density at radius 2 is 1.85 bits per heavy atom. The Morgan fingerprint density at radius 1 is 1.20 bits per heavy atom. The summed E-state index contributed by atoms with van der Waals surface area (Å²) >= 11 is 0. The highest BCUT2D eigenvalue weighted by Gasteiger charge is 2.22. The van der Waals surface area contributed by atoms with Gasteiger partial charge < -0.3 is 15.5 Å². The number of hydrogen-bond donors (Lipinski definition) is 3. The molecule has 108 valence electrons. The van der Waals surface area contributed by atoms with Crippen molar-refractivity contribution in [2.24, 2.45) is 0 Å². The quantitative estimate of drug-likeness (QED) is 0.729. The molecule has 0 spiro atoms. The summed E-state index contributed by atoms with van der Waals surface area (Å²) in [4.78, 5) is 33.6. The molecule has 0 heterocycles. The van der Waals surface area contributed by atoms with E-state index in [1.54, 1.807) is 19.1 Å². The largest absolute Gasteiger partial charge is 0.481 e. The van der Waals surface area contributed by atoms with E-state index < -0.39 is 23.9 Å². The van der Waals surface area contributed by atoms with E-state index in [4.69, 9.17) is 10.2 Å². The molecule has 0 aliphatic carbocycles. The predicted molar refractivity (Wildman–Crippen MR) is 71.7 cm³/mol. The van der Waals surface area contributed by atoms with E-state index in [2.05, 4.69) is 5.32 Å². The molecular weight excluding hydrogens is 262 g/mol. The molecule has 0 aromatic heterocycles. The van der Waals surface area contributed by atoms with Crippen LogP contribution in [0, 0.1) is 13.8 Å². The second-order valence-electron chi connectivity index (χ2n) is 4.62. The topological polar surface area (TPSA) is 104 Å². The van der Waals surface area contributed by atoms with E-state index in [9.17, 15) is 14.4 Å². The van der Waals surface area contributed by atoms with Crippen molar-refractivity contribution < 1.29 is 24.6 Å². The Balaban J connectivity index is 2.82. The lowest BCUT2D eigenvalue weighted by Gasteiger charge is -2.15. The molecule has 0 bridgehead atoms. The number of carboxylic acids is 2. The van der Waals surface area contributed by atoms with Gasteiger partial charge in [0.2, 0.25) is 0 Å². The molecule has 0 saturated carbocycles. The molecule has 1 aromatic rings. The van der Waals surface area contributed by atoms with Crippen LogP contribution >= 0.6 is 0 Å². The maximum absolute atomic E-state index is 12.1. The van der Waals surface area contributed by atoms with Gasteiger partial charge in [-0.3, -0.25) is 9.59 Å². The van der Waals surface area contributed by atoms with Crippen LogP contribution in [0.5, 0.6) is 0 Å². The molecule has 1 aromatic carbocycles. The van der Waals surface area contributed by atoms with Gasteiger partial charge in [-0.25, -0.2) is 4.79 Å². The number of nitrogens with one attached hydrogen (secondary N) is 1. The number of carbonyl (C=O) groups excluding carboxylic acids is 1. The first kappa shape index (κ1) is 15.7. The molecule has 1 unspecified atom stereocenters. The van der Waals surface area contributed by atoms with Crippen molar-refractivity contribution in [3.05, 3.63) is 34.9 Å². The highest BCUT2D eigenvalue weighted by Crippen LogP contribution is 2.11. The summed E-state index contributed by atoms with van der Waals surface area (Å²) in [5.41, 5.74) is 2.01. The second-order valence-corrected chi connectivity index (χ2v) is 4.62. The minimum Gasteiger partial charge on any atom is -0.481 e. The molecule has 1 amide bonds. The highest BCUT2D eigenvalue weighted by molar-refractivity contribution is 5.98. The van der Waals surface area contributed by atoms with Crippen molar-refractivity contribution in [2.45, 2.75) is 32.7 Å². The van der Waals surface area contributed by atoms with Gasteiger partial charge in [0.1, 0.15) is 6.04 Å². The zero-order valence-electron chi connectivity index (χ0n) is 11.3. The van der Waals surface area contributed by atoms with Crippen LogP contribution in [-0.4, -0.2) is 34.1 Å². The van der Waals surface area contributed by atoms with Crippen LogP contribution < -0.4 is 5.32 Å². The molecule has 0 radical (unpaired) electrons. The van der Waals surface area contributed by atoms with E-state index in [0.29, 0.717) is 5.56 Å². The van der Waals surface area contributed by atoms with Gasteiger partial charge in [0, 0.05) is 12.0 Å². The molecule has 0 saturated heterocycles. The molecule has 1 rings (SSSR count). The summed E-state index contributed by atoms with van der Waals surface area (Å²) in [7, 11) is 0. The first-order valence-corrected chi connectivity index (χ1v) is 6.14. The molecule has 6 nitrogen and oxygen atoms in total. The number of amides is 1. The first-order valence-electron chi connectivity index (χ1n) is 6.14. The average Bonchev–Trinajstić information content (AvgIpc) is 2.36. The predicted octanol–water partition coefficient (Wildman–Crippen LogP) is 1.35. The van der Waals surface area contributed by atoms with Crippen molar-refractivity contribution in [1.29, 1.82) is 0 Å². The fraction of sp³-hybridized carbons (Fsp3) is 0.357. The summed E-state index contributed by atoms with van der Waals surface area (Å²) in [6.07, 6.45) is -0.467. The third-order valence-electron chi connectivity index (χ3n) is 2.89. The SMILES string of the molecule is Cc1ccc(C)c(C(=O)NC(CCC(=O)O)C(=O)O)c1. The third kappa shape index (κ3) is 4.38. The Bertz CT molecular complexity index is 538. The van der Waals surface area contributed by atoms with Crippen LogP contribution in [0.2, 0.25) is 0 Å². The normalized spacial score (nSPS) is 11.7. The lowest BCUT2D eigenvalue weighted by atomic mass is 10.0. The molecule has 6 heteroatoms. The Labute approximate surface area is 116 Å². The molecule has 0 aliphatic rings. The Hall–Kier alpha value is -2.37. The number of carbonyl (C=O) groups is 3. The fourth-order valence-electron chi connectivity index (χ4n) is 1.74. The summed E-state index contributed by atoms with van der Waals surface area (Å²) in [6.45, 7) is 3.58. The van der Waals surface area contributed by atoms with Gasteiger partial charge in [-0.05, 0) is 31.9 Å². The van der Waals surface area contributed by atoms with Gasteiger partial charge in [0.25, 0.3) is 5.91 Å². The number of aryl methyl sites for hydroxylation is 2. The van der Waals surface area contributed by atoms with Crippen molar-refractivity contribution in [2.75, 3.05) is 0 Å². The summed E-state index contributed by atoms with van der Waals surface area (Å²) in [6, 6.07) is 4.09. The van der Waals surface area contributed by atoms with Crippen LogP contribution in [0.4, 0.5) is 0 Å². The minimum atomic E-state index is -1.25. The summed E-state index contributed by atoms with van der Waals surface area (Å²) in [5, 5.41) is 19.9. The Morgan fingerprint density at radius 3 is 2.40 bits per heavy atom. The molecular formula is C14H17NO5. The van der Waals surface area contributed by atoms with Gasteiger partial charge in [-0.15, -0.1) is 0 Å². The van der Waals surface area contributed by atoms with Crippen molar-refractivity contribution in [1.82, 2.24) is 5.32 Å². The highest BCUT2D eigenvalue weighted by atomic mass is 16.4. The lowest BCUT2D eigenvalue weighted by Crippen LogP contribution is -2.41. The number of aliphatic carboxylic acids is 2. The zero-order valence-corrected chi connectivity index (χ0v) is 11.3. The fourth-order valence-corrected chi connectivity index (χ4v) is 1.74. The van der Waals surface area contributed by atoms with Crippen molar-refractivity contribution in [3.8, 4) is 0 Å². The second kappa shape index (κ2) is 6.70. The summed E-state index contributed by atoms with van der Waals surface area (Å²) in [5.74, 6) is -2.86. The third-order valence-corrected chi connectivity index (χ3v) is 2.89. The number of hydrogen-bond acceptors (Lipinski definition) is 3. The van der Waals surface area contributed by atoms with Crippen molar-refractivity contribution in [3.63, 3.8) is 0 Å². The van der Waals surface area contributed by atoms with E-state index in [0.717, 1.165) is 11.1 Å². The van der Waals surface area contributed by atoms with Gasteiger partial charge in [0.15, 0.2) is 0 Å². The van der Waals surface area contributed by atoms with E-state index in [-0.39, 0.29) is 12.8 Å². The van der Waals surface area contributed by atoms with Gasteiger partial charge in [-0.2, -0.15) is 0 Å². The standard InChI is InChI=1S/C14H17NO5/c1-8-3-4-9(2)10(7-8)13(18)15-11(14(19)20)5-6-12(16)17/h3-4,7,11H,5-6H2,1-2H3,(H,15,18)(H,16,17)(H,19,20). The van der Waals surface area contributed by atoms with Gasteiger partial charge >= 0.3 is 11.9 Å². The van der Waals surface area contributed by atoms with Crippen LogP contribution in [0.25, 0.3) is 0 Å². The van der Waals surface area contributed by atoms with Crippen LogP contribution in [0.1, 0.15) is 34.3 Å². The van der Waals surface area contributed by atoms with E-state index in [1.807, 2.05) is 13.0 Å². The molecule has 0 aliphatic heterocycles. The van der Waals surface area contributed by atoms with Crippen LogP contribution in [0.3, 0.4) is 0 Å². The van der Waals surface area contributed by atoms with Gasteiger partial charge in [0.05, 0.1) is 0 Å². The number of benzene rings is 1. The first-order chi connectivity index (χ1) is 9.31. The van der Waals surface area contributed by atoms with Gasteiger partial charge in [-0.1, -0.05) is 17.7 Å². The molecule has 1 atom stereocenters. The minimum absolute atomic E-state index is 0.152. The summed E-state index contributed by atoms with van der Waals surface area (Å²) < 4.78 is 0. The van der Waals surface area contributed by atoms with Crippen molar-refractivity contribution >= 4 is 17.8 Å². The van der Waals surface area contributed by atoms with E-state index in [1.165, 1.54) is 0 Å². The zero-order chi connectivity index (χ0) is 15.3. The maximum Gasteiger partial charge on any atom is 0.326 e. The number of rotatable bonds is 6. The maximum atomic E-state index is 12.1. The lowest BCUT2D eigenvalue weighted by molar-refractivity contribution is -0.140. The Kier molecular flexibility index (Phi) is 5.25. The van der Waals surface area contributed by atoms with E-state index >= 15 is 0 Å². The molecule has 0 fully saturated rings. The molecule has 3 N–H and O–H groups in total.